The summed E-state index contributed by atoms with van der Waals surface area (Å²) in [5.41, 5.74) is 15.4. The average molecular weight is 577 g/mol. The van der Waals surface area contributed by atoms with Crippen LogP contribution in [-0.2, 0) is 6.42 Å². The molecule has 10 heteroatoms. The van der Waals surface area contributed by atoms with Crippen molar-refractivity contribution in [2.24, 2.45) is 0 Å². The Morgan fingerprint density at radius 1 is 0.907 bits per heavy atom. The molecule has 0 aliphatic rings. The van der Waals surface area contributed by atoms with Gasteiger partial charge in [-0.25, -0.2) is 14.4 Å². The molecule has 216 valence electrons. The maximum absolute atomic E-state index is 13.6. The lowest BCUT2D eigenvalue weighted by atomic mass is 9.99. The van der Waals surface area contributed by atoms with Crippen LogP contribution in [0.5, 0.6) is 11.6 Å². The maximum atomic E-state index is 13.6. The summed E-state index contributed by atoms with van der Waals surface area (Å²) < 4.78 is 20.1. The lowest BCUT2D eigenvalue weighted by molar-refractivity contribution is 0.398. The number of nitrogens with two attached hydrogens (primary N) is 2. The van der Waals surface area contributed by atoms with E-state index >= 15 is 0 Å². The molecule has 3 heterocycles. The number of phenols is 1. The number of aromatic nitrogens is 4. The molecule has 6 rings (SSSR count). The van der Waals surface area contributed by atoms with Crippen LogP contribution in [0.25, 0.3) is 38.7 Å². The van der Waals surface area contributed by atoms with Gasteiger partial charge in [-0.3, -0.25) is 9.36 Å². The van der Waals surface area contributed by atoms with Gasteiger partial charge in [-0.2, -0.15) is 4.98 Å². The van der Waals surface area contributed by atoms with Crippen LogP contribution in [0, 0.1) is 5.82 Å². The highest BCUT2D eigenvalue weighted by molar-refractivity contribution is 5.96. The molecule has 3 aromatic carbocycles. The minimum absolute atomic E-state index is 0.0121. The lowest BCUT2D eigenvalue weighted by Crippen LogP contribution is -2.22. The van der Waals surface area contributed by atoms with Crippen LogP contribution < -0.4 is 21.8 Å². The Balaban J connectivity index is 0.000000196. The Bertz CT molecular complexity index is 1960. The molecule has 0 aliphatic heterocycles. The highest BCUT2D eigenvalue weighted by Gasteiger charge is 2.15. The van der Waals surface area contributed by atoms with E-state index in [-0.39, 0.29) is 23.1 Å². The lowest BCUT2D eigenvalue weighted by Gasteiger charge is -2.15. The number of hydrogen-bond acceptors (Lipinski definition) is 8. The van der Waals surface area contributed by atoms with Gasteiger partial charge in [-0.1, -0.05) is 43.3 Å². The van der Waals surface area contributed by atoms with E-state index < -0.39 is 5.82 Å². The van der Waals surface area contributed by atoms with Gasteiger partial charge in [0.15, 0.2) is 0 Å². The number of anilines is 2. The fraction of sp³-hybridized carbons (Fsp3) is 0.0909. The number of rotatable bonds is 5. The molecule has 5 N–H and O–H groups in total. The molecule has 0 fully saturated rings. The normalized spacial score (nSPS) is 10.7. The van der Waals surface area contributed by atoms with Crippen LogP contribution in [0.3, 0.4) is 0 Å². The number of benzene rings is 3. The monoisotopic (exact) mass is 576 g/mol. The first-order chi connectivity index (χ1) is 20.8. The Morgan fingerprint density at radius 3 is 2.40 bits per heavy atom. The van der Waals surface area contributed by atoms with Crippen molar-refractivity contribution in [1.29, 1.82) is 0 Å². The topological polar surface area (TPSA) is 142 Å². The number of pyridine rings is 2. The van der Waals surface area contributed by atoms with Crippen LogP contribution >= 0.6 is 0 Å². The number of nitrogen functional groups attached to an aromatic ring is 2. The van der Waals surface area contributed by atoms with Gasteiger partial charge >= 0.3 is 0 Å². The van der Waals surface area contributed by atoms with Gasteiger partial charge < -0.3 is 21.3 Å². The number of hydrogen-bond donors (Lipinski definition) is 3. The van der Waals surface area contributed by atoms with Gasteiger partial charge in [0.05, 0.1) is 12.5 Å². The number of ether oxygens (including phenoxy) is 1. The molecule has 0 radical (unpaired) electrons. The van der Waals surface area contributed by atoms with Crippen molar-refractivity contribution in [2.75, 3.05) is 18.6 Å². The third-order valence-electron chi connectivity index (χ3n) is 6.79. The molecule has 0 saturated carbocycles. The van der Waals surface area contributed by atoms with E-state index in [4.69, 9.17) is 16.2 Å². The fourth-order valence-corrected chi connectivity index (χ4v) is 4.83. The van der Waals surface area contributed by atoms with Gasteiger partial charge in [0, 0.05) is 41.5 Å². The largest absolute Gasteiger partial charge is 0.508 e. The van der Waals surface area contributed by atoms with Crippen LogP contribution in [0.4, 0.5) is 16.2 Å². The van der Waals surface area contributed by atoms with Crippen molar-refractivity contribution in [3.63, 3.8) is 0 Å². The van der Waals surface area contributed by atoms with Crippen molar-refractivity contribution in [2.45, 2.75) is 13.3 Å². The van der Waals surface area contributed by atoms with Gasteiger partial charge in [-0.05, 0) is 64.9 Å². The van der Waals surface area contributed by atoms with Gasteiger partial charge in [0.25, 0.3) is 5.56 Å². The van der Waals surface area contributed by atoms with Crippen molar-refractivity contribution >= 4 is 22.5 Å². The van der Waals surface area contributed by atoms with E-state index in [9.17, 15) is 14.3 Å². The van der Waals surface area contributed by atoms with Crippen LogP contribution in [0.1, 0.15) is 12.6 Å². The second-order valence-corrected chi connectivity index (χ2v) is 9.55. The van der Waals surface area contributed by atoms with Crippen molar-refractivity contribution in [3.8, 4) is 39.6 Å². The summed E-state index contributed by atoms with van der Waals surface area (Å²) >= 11 is 0. The zero-order chi connectivity index (χ0) is 30.5. The minimum Gasteiger partial charge on any atom is -0.508 e. The predicted octanol–water partition coefficient (Wildman–Crippen LogP) is 5.78. The summed E-state index contributed by atoms with van der Waals surface area (Å²) in [5, 5.41) is 10.9. The third-order valence-corrected chi connectivity index (χ3v) is 6.79. The number of halogens is 1. The summed E-state index contributed by atoms with van der Waals surface area (Å²) in [6.45, 7) is 2.07. The van der Waals surface area contributed by atoms with Crippen LogP contribution in [-0.4, -0.2) is 31.7 Å². The molecule has 43 heavy (non-hydrogen) atoms. The average Bonchev–Trinajstić information content (AvgIpc) is 3.01. The number of fused-ring (bicyclic) bond motifs is 1. The van der Waals surface area contributed by atoms with Crippen molar-refractivity contribution < 1.29 is 14.2 Å². The predicted molar refractivity (Wildman–Crippen MR) is 167 cm³/mol. The number of methoxy groups -OCH3 is 1. The summed E-state index contributed by atoms with van der Waals surface area (Å²) in [7, 11) is 1.59. The summed E-state index contributed by atoms with van der Waals surface area (Å²) in [4.78, 5) is 25.3. The van der Waals surface area contributed by atoms with Crippen molar-refractivity contribution in [1.82, 2.24) is 19.5 Å². The van der Waals surface area contributed by atoms with E-state index in [1.165, 1.54) is 18.3 Å². The molecular weight excluding hydrogens is 547 g/mol. The van der Waals surface area contributed by atoms with E-state index in [1.54, 1.807) is 13.3 Å². The quantitative estimate of drug-likeness (QED) is 0.235. The van der Waals surface area contributed by atoms with Crippen LogP contribution in [0.15, 0.2) is 102 Å². The van der Waals surface area contributed by atoms with E-state index in [0.717, 1.165) is 40.4 Å². The zero-order valence-corrected chi connectivity index (χ0v) is 23.5. The molecule has 6 aromatic rings. The molecule has 0 amide bonds. The number of para-hydroxylation sites is 1. The fourth-order valence-electron chi connectivity index (χ4n) is 4.83. The first-order valence-corrected chi connectivity index (χ1v) is 13.4. The van der Waals surface area contributed by atoms with Gasteiger partial charge in [0.1, 0.15) is 17.4 Å². The summed E-state index contributed by atoms with van der Waals surface area (Å²) in [6, 6.07) is 25.2. The third kappa shape index (κ3) is 6.13. The smallest absolute Gasteiger partial charge is 0.263 e. The number of nitrogens with zero attached hydrogens (tertiary/aromatic N) is 4. The van der Waals surface area contributed by atoms with E-state index in [0.29, 0.717) is 22.4 Å². The highest BCUT2D eigenvalue weighted by Crippen LogP contribution is 2.30. The molecule has 9 nitrogen and oxygen atoms in total. The molecule has 0 aliphatic carbocycles. The Labute approximate surface area is 246 Å². The van der Waals surface area contributed by atoms with E-state index in [1.807, 2.05) is 65.2 Å². The summed E-state index contributed by atoms with van der Waals surface area (Å²) in [6.07, 6.45) is 3.85. The molecule has 0 unspecified atom stereocenters. The number of aromatic hydroxyl groups is 1. The number of aryl methyl sites for hydroxylation is 1. The maximum Gasteiger partial charge on any atom is 0.263 e. The SMILES string of the molecule is CCc1cc2cccc(-c3ccnc(OC)c3)c2c(=O)n1-c1ccccc1.Nc1ncc(-c2cc(O)cc(F)c2)c(N)n1. The van der Waals surface area contributed by atoms with Gasteiger partial charge in [-0.15, -0.1) is 0 Å². The standard InChI is InChI=1S/C23H20N2O2.C10H9FN4O/c1-3-18-14-17-8-7-11-20(16-12-13-24-21(15-16)27-2)22(17)23(26)25(18)19-9-5-4-6-10-19;11-6-1-5(2-7(16)3-6)8-4-14-10(13)15-9(8)12/h4-15H,3H2,1-2H3;1-4,16H,(H4,12,13,14,15). The first-order valence-electron chi connectivity index (χ1n) is 13.4. The Morgan fingerprint density at radius 2 is 1.70 bits per heavy atom. The second kappa shape index (κ2) is 12.4. The molecule has 3 aromatic heterocycles. The Hall–Kier alpha value is -5.77. The molecule has 0 atom stereocenters. The molecule has 0 spiro atoms. The molecule has 0 bridgehead atoms. The second-order valence-electron chi connectivity index (χ2n) is 9.55. The van der Waals surface area contributed by atoms with Gasteiger partial charge in [0.2, 0.25) is 11.8 Å². The molecule has 0 saturated heterocycles. The van der Waals surface area contributed by atoms with Crippen molar-refractivity contribution in [3.05, 3.63) is 119 Å². The first kappa shape index (κ1) is 28.7. The zero-order valence-electron chi connectivity index (χ0n) is 23.5. The molecular formula is C33H29FN6O3. The number of phenolic OH excluding ortho intramolecular Hbond substituents is 1. The Kier molecular flexibility index (Phi) is 8.29. The highest BCUT2D eigenvalue weighted by atomic mass is 19.1. The summed E-state index contributed by atoms with van der Waals surface area (Å²) in [5.74, 6) is -0.0464. The minimum atomic E-state index is -0.564. The van der Waals surface area contributed by atoms with Crippen LogP contribution in [0.2, 0.25) is 0 Å². The van der Waals surface area contributed by atoms with E-state index in [2.05, 4.69) is 27.9 Å².